The van der Waals surface area contributed by atoms with Crippen LogP contribution in [0.3, 0.4) is 0 Å². The Kier molecular flexibility index (Phi) is 9.72. The lowest BCUT2D eigenvalue weighted by Gasteiger charge is -2.36. The van der Waals surface area contributed by atoms with Crippen molar-refractivity contribution < 1.29 is 17.9 Å². The predicted molar refractivity (Wildman–Crippen MR) is 132 cm³/mol. The number of carbonyl (C=O) groups is 1. The van der Waals surface area contributed by atoms with Crippen molar-refractivity contribution in [2.75, 3.05) is 19.7 Å². The third-order valence-corrected chi connectivity index (χ3v) is 6.85. The molecule has 0 fully saturated rings. The van der Waals surface area contributed by atoms with Crippen molar-refractivity contribution in [2.45, 2.75) is 51.0 Å². The van der Waals surface area contributed by atoms with Crippen molar-refractivity contribution in [3.05, 3.63) is 65.2 Å². The van der Waals surface area contributed by atoms with Gasteiger partial charge in [0.2, 0.25) is 10.0 Å². The molecular formula is C24H34ClN3O4S. The standard InChI is InChI=1S/C24H33N3O4S.ClH/c1-4-5-11-31-24-20-13-21(26-32(29,30)19-9-7-6-8-10-19)23(28)12-18(20)16-27(15-17(2)3)22(24)14-25;/h6-10,13,16-17,21,26H,4-5,11-12,14-15,25H2,1-3H3;1H. The summed E-state index contributed by atoms with van der Waals surface area (Å²) in [5.41, 5.74) is 8.54. The Morgan fingerprint density at radius 3 is 2.55 bits per heavy atom. The molecular weight excluding hydrogens is 462 g/mol. The third kappa shape index (κ3) is 6.47. The monoisotopic (exact) mass is 495 g/mol. The van der Waals surface area contributed by atoms with E-state index >= 15 is 0 Å². The van der Waals surface area contributed by atoms with Crippen LogP contribution in [0.2, 0.25) is 0 Å². The van der Waals surface area contributed by atoms with Gasteiger partial charge < -0.3 is 15.4 Å². The molecule has 0 amide bonds. The molecule has 1 unspecified atom stereocenters. The molecule has 182 valence electrons. The highest BCUT2D eigenvalue weighted by molar-refractivity contribution is 7.89. The minimum Gasteiger partial charge on any atom is -0.491 e. The van der Waals surface area contributed by atoms with Gasteiger partial charge in [0.25, 0.3) is 0 Å². The highest BCUT2D eigenvalue weighted by atomic mass is 35.5. The summed E-state index contributed by atoms with van der Waals surface area (Å²) in [5, 5.41) is 0. The van der Waals surface area contributed by atoms with Crippen LogP contribution in [0.4, 0.5) is 0 Å². The van der Waals surface area contributed by atoms with Crippen LogP contribution in [0, 0.1) is 5.92 Å². The number of ketones is 1. The molecule has 3 N–H and O–H groups in total. The number of sulfonamides is 1. The van der Waals surface area contributed by atoms with Crippen LogP contribution < -0.4 is 10.5 Å². The zero-order valence-electron chi connectivity index (χ0n) is 19.4. The highest BCUT2D eigenvalue weighted by Gasteiger charge is 2.35. The quantitative estimate of drug-likeness (QED) is 0.482. The zero-order chi connectivity index (χ0) is 23.3. The summed E-state index contributed by atoms with van der Waals surface area (Å²) in [5.74, 6) is 0.837. The first-order chi connectivity index (χ1) is 15.3. The van der Waals surface area contributed by atoms with Gasteiger partial charge in [0.05, 0.1) is 23.2 Å². The van der Waals surface area contributed by atoms with E-state index in [1.165, 1.54) is 12.1 Å². The smallest absolute Gasteiger partial charge is 0.241 e. The molecule has 3 rings (SSSR count). The lowest BCUT2D eigenvalue weighted by Crippen LogP contribution is -2.43. The van der Waals surface area contributed by atoms with Crippen molar-refractivity contribution in [1.29, 1.82) is 0 Å². The number of benzene rings is 1. The number of unbranched alkanes of at least 4 members (excludes halogenated alkanes) is 1. The van der Waals surface area contributed by atoms with E-state index in [1.54, 1.807) is 24.3 Å². The van der Waals surface area contributed by atoms with Gasteiger partial charge in [0.1, 0.15) is 5.76 Å². The topological polar surface area (TPSA) is 102 Å². The van der Waals surface area contributed by atoms with Crippen molar-refractivity contribution in [3.8, 4) is 0 Å². The second-order valence-corrected chi connectivity index (χ2v) is 10.2. The predicted octanol–water partition coefficient (Wildman–Crippen LogP) is 3.50. The summed E-state index contributed by atoms with van der Waals surface area (Å²) < 4.78 is 34.3. The highest BCUT2D eigenvalue weighted by Crippen LogP contribution is 2.36. The molecule has 0 spiro atoms. The fraction of sp³-hybridized carbons (Fsp3) is 0.458. The third-order valence-electron chi connectivity index (χ3n) is 5.39. The first-order valence-electron chi connectivity index (χ1n) is 11.1. The van der Waals surface area contributed by atoms with Crippen molar-refractivity contribution in [1.82, 2.24) is 9.62 Å². The summed E-state index contributed by atoms with van der Waals surface area (Å²) >= 11 is 0. The summed E-state index contributed by atoms with van der Waals surface area (Å²) in [6.45, 7) is 7.90. The first-order valence-corrected chi connectivity index (χ1v) is 12.6. The van der Waals surface area contributed by atoms with E-state index in [0.717, 1.165) is 36.2 Å². The minimum atomic E-state index is -3.84. The summed E-state index contributed by atoms with van der Waals surface area (Å²) in [6.07, 6.45) is 5.63. The SMILES string of the molecule is CCCCOC1=C(CN)N(CC(C)C)C=C2CC(=O)C(NS(=O)(=O)c3ccccc3)C=C21.Cl. The van der Waals surface area contributed by atoms with Gasteiger partial charge in [-0.1, -0.05) is 45.4 Å². The van der Waals surface area contributed by atoms with Gasteiger partial charge in [-0.25, -0.2) is 8.42 Å². The molecule has 2 aliphatic rings. The number of hydrogen-bond donors (Lipinski definition) is 2. The van der Waals surface area contributed by atoms with E-state index in [4.69, 9.17) is 10.5 Å². The second kappa shape index (κ2) is 11.8. The number of nitrogens with one attached hydrogen (secondary N) is 1. The van der Waals surface area contributed by atoms with E-state index in [0.29, 0.717) is 18.3 Å². The van der Waals surface area contributed by atoms with Gasteiger partial charge in [0.15, 0.2) is 5.78 Å². The number of hydrogen-bond acceptors (Lipinski definition) is 6. The van der Waals surface area contributed by atoms with Gasteiger partial charge >= 0.3 is 0 Å². The van der Waals surface area contributed by atoms with E-state index in [1.807, 2.05) is 6.20 Å². The number of fused-ring (bicyclic) bond motifs is 1. The molecule has 1 atom stereocenters. The number of nitrogens with two attached hydrogens (primary N) is 1. The van der Waals surface area contributed by atoms with Crippen LogP contribution in [0.25, 0.3) is 0 Å². The lowest BCUT2D eigenvalue weighted by atomic mass is 9.86. The van der Waals surface area contributed by atoms with Crippen LogP contribution >= 0.6 is 12.4 Å². The Hall–Kier alpha value is -2.13. The number of halogens is 1. The van der Waals surface area contributed by atoms with Crippen LogP contribution in [-0.4, -0.2) is 44.8 Å². The largest absolute Gasteiger partial charge is 0.491 e. The fourth-order valence-electron chi connectivity index (χ4n) is 3.83. The molecule has 0 radical (unpaired) electrons. The molecule has 0 saturated carbocycles. The first kappa shape index (κ1) is 27.1. The Morgan fingerprint density at radius 2 is 1.94 bits per heavy atom. The maximum absolute atomic E-state index is 12.9. The van der Waals surface area contributed by atoms with E-state index in [9.17, 15) is 13.2 Å². The van der Waals surface area contributed by atoms with Crippen molar-refractivity contribution >= 4 is 28.2 Å². The Labute approximate surface area is 203 Å². The summed E-state index contributed by atoms with van der Waals surface area (Å²) in [6, 6.07) is 7.09. The maximum atomic E-state index is 12.9. The van der Waals surface area contributed by atoms with Crippen LogP contribution in [-0.2, 0) is 19.6 Å². The van der Waals surface area contributed by atoms with Crippen LogP contribution in [0.1, 0.15) is 40.0 Å². The lowest BCUT2D eigenvalue weighted by molar-refractivity contribution is -0.119. The Balaban J connectivity index is 0.00000385. The molecule has 7 nitrogen and oxygen atoms in total. The summed E-state index contributed by atoms with van der Waals surface area (Å²) in [4.78, 5) is 15.1. The van der Waals surface area contributed by atoms with Gasteiger partial charge in [-0.3, -0.25) is 4.79 Å². The molecule has 9 heteroatoms. The number of allylic oxidation sites excluding steroid dienone is 1. The molecule has 1 aromatic rings. The van der Waals surface area contributed by atoms with Crippen molar-refractivity contribution in [2.24, 2.45) is 11.7 Å². The van der Waals surface area contributed by atoms with Gasteiger partial charge in [0, 0.05) is 31.3 Å². The number of rotatable bonds is 10. The van der Waals surface area contributed by atoms with E-state index in [2.05, 4.69) is 30.4 Å². The Bertz CT molecular complexity index is 1030. The van der Waals surface area contributed by atoms with Gasteiger partial charge in [-0.2, -0.15) is 4.72 Å². The molecule has 1 heterocycles. The number of nitrogens with zero attached hydrogens (tertiary/aromatic N) is 1. The fourth-order valence-corrected chi connectivity index (χ4v) is 5.01. The van der Waals surface area contributed by atoms with E-state index in [-0.39, 0.29) is 36.1 Å². The number of Topliss-reactive ketones (excluding diaryl/α,β-unsaturated/α-hetero) is 1. The molecule has 1 aromatic carbocycles. The molecule has 1 aliphatic heterocycles. The van der Waals surface area contributed by atoms with Gasteiger partial charge in [-0.05, 0) is 36.1 Å². The number of carbonyl (C=O) groups excluding carboxylic acids is 1. The summed E-state index contributed by atoms with van der Waals surface area (Å²) in [7, 11) is -3.84. The zero-order valence-corrected chi connectivity index (χ0v) is 21.0. The average molecular weight is 496 g/mol. The molecule has 0 bridgehead atoms. The normalized spacial score (nSPS) is 18.5. The molecule has 0 saturated heterocycles. The number of ether oxygens (including phenoxy) is 1. The van der Waals surface area contributed by atoms with Crippen molar-refractivity contribution in [3.63, 3.8) is 0 Å². The van der Waals surface area contributed by atoms with E-state index < -0.39 is 16.1 Å². The average Bonchev–Trinajstić information content (AvgIpc) is 2.75. The Morgan fingerprint density at radius 1 is 1.24 bits per heavy atom. The van der Waals surface area contributed by atoms with Crippen LogP contribution in [0.5, 0.6) is 0 Å². The maximum Gasteiger partial charge on any atom is 0.241 e. The second-order valence-electron chi connectivity index (χ2n) is 8.52. The van der Waals surface area contributed by atoms with Gasteiger partial charge in [-0.15, -0.1) is 12.4 Å². The minimum absolute atomic E-state index is 0. The molecule has 0 aromatic heterocycles. The molecule has 1 aliphatic carbocycles. The van der Waals surface area contributed by atoms with Crippen LogP contribution in [0.15, 0.2) is 70.1 Å². The molecule has 33 heavy (non-hydrogen) atoms.